The first-order valence-corrected chi connectivity index (χ1v) is 11.1. The number of carbonyl (C=O) groups excluding carboxylic acids is 1. The predicted molar refractivity (Wildman–Crippen MR) is 113 cm³/mol. The second-order valence-corrected chi connectivity index (χ2v) is 8.47. The van der Waals surface area contributed by atoms with Crippen LogP contribution in [0.3, 0.4) is 0 Å². The third-order valence-corrected chi connectivity index (χ3v) is 5.78. The second kappa shape index (κ2) is 9.99. The van der Waals surface area contributed by atoms with Gasteiger partial charge in [-0.2, -0.15) is 18.3 Å². The molecular formula is C20H20F3N5O5S. The molecule has 182 valence electrons. The molecule has 0 bridgehead atoms. The van der Waals surface area contributed by atoms with Gasteiger partial charge in [0.15, 0.2) is 21.4 Å². The lowest BCUT2D eigenvalue weighted by atomic mass is 10.2. The van der Waals surface area contributed by atoms with E-state index in [9.17, 15) is 22.2 Å². The van der Waals surface area contributed by atoms with E-state index in [-0.39, 0.29) is 17.3 Å². The van der Waals surface area contributed by atoms with E-state index in [0.717, 1.165) is 6.07 Å². The number of benzene rings is 1. The van der Waals surface area contributed by atoms with Crippen LogP contribution < -0.4 is 18.9 Å². The summed E-state index contributed by atoms with van der Waals surface area (Å²) in [6.07, 6.45) is -1.36. The van der Waals surface area contributed by atoms with Crippen LogP contribution in [0.1, 0.15) is 16.1 Å². The molecule has 0 radical (unpaired) electrons. The molecule has 1 atom stereocenters. The number of pyridine rings is 1. The Balaban J connectivity index is 1.88. The summed E-state index contributed by atoms with van der Waals surface area (Å²) in [4.78, 5) is 16.3. The highest BCUT2D eigenvalue weighted by Crippen LogP contribution is 2.34. The van der Waals surface area contributed by atoms with Crippen LogP contribution in [0.2, 0.25) is 0 Å². The number of amides is 1. The smallest absolute Gasteiger partial charge is 0.422 e. The number of nitrogens with one attached hydrogen (secondary N) is 2. The second-order valence-electron chi connectivity index (χ2n) is 6.75. The zero-order valence-electron chi connectivity index (χ0n) is 18.0. The Morgan fingerprint density at radius 2 is 1.88 bits per heavy atom. The van der Waals surface area contributed by atoms with Gasteiger partial charge in [0.2, 0.25) is 5.88 Å². The summed E-state index contributed by atoms with van der Waals surface area (Å²) in [5.74, 6) is -1.63. The molecule has 34 heavy (non-hydrogen) atoms. The quantitative estimate of drug-likeness (QED) is 0.463. The molecule has 2 heterocycles. The minimum atomic E-state index is -4.68. The molecule has 0 aliphatic rings. The molecule has 0 aliphatic carbocycles. The molecular weight excluding hydrogens is 479 g/mol. The Bertz CT molecular complexity index is 1260. The molecule has 1 unspecified atom stereocenters. The van der Waals surface area contributed by atoms with Crippen molar-refractivity contribution >= 4 is 15.8 Å². The average molecular weight is 499 g/mol. The number of alkyl halides is 3. The van der Waals surface area contributed by atoms with Crippen molar-refractivity contribution < 1.29 is 36.4 Å². The Kier molecular flexibility index (Phi) is 7.29. The normalized spacial score (nSPS) is 13.1. The van der Waals surface area contributed by atoms with Gasteiger partial charge in [0, 0.05) is 18.0 Å². The molecule has 10 nitrogen and oxygen atoms in total. The highest BCUT2D eigenvalue weighted by atomic mass is 32.2. The molecule has 0 aliphatic heterocycles. The maximum absolute atomic E-state index is 13.2. The zero-order valence-corrected chi connectivity index (χ0v) is 18.8. The van der Waals surface area contributed by atoms with Gasteiger partial charge in [-0.3, -0.25) is 14.2 Å². The van der Waals surface area contributed by atoms with Crippen molar-refractivity contribution in [2.45, 2.75) is 17.6 Å². The van der Waals surface area contributed by atoms with Crippen molar-refractivity contribution in [3.63, 3.8) is 0 Å². The van der Waals surface area contributed by atoms with Crippen molar-refractivity contribution in [1.29, 1.82) is 4.78 Å². The van der Waals surface area contributed by atoms with Crippen molar-refractivity contribution in [2.24, 2.45) is 0 Å². The lowest BCUT2D eigenvalue weighted by molar-refractivity contribution is -0.153. The molecule has 2 aromatic heterocycles. The topological polar surface area (TPSA) is 128 Å². The molecule has 0 saturated heterocycles. The molecule has 3 rings (SSSR count). The van der Waals surface area contributed by atoms with Crippen LogP contribution in [0.5, 0.6) is 17.4 Å². The molecule has 0 saturated carbocycles. The number of hydrogen-bond donors (Lipinski definition) is 2. The lowest BCUT2D eigenvalue weighted by Crippen LogP contribution is -2.31. The molecule has 1 amide bonds. The zero-order chi connectivity index (χ0) is 24.9. The summed E-state index contributed by atoms with van der Waals surface area (Å²) < 4.78 is 77.9. The Hall–Kier alpha value is -3.81. The maximum Gasteiger partial charge on any atom is 0.422 e. The minimum Gasteiger partial charge on any atom is -0.495 e. The Morgan fingerprint density at radius 3 is 2.50 bits per heavy atom. The fourth-order valence-corrected chi connectivity index (χ4v) is 4.22. The van der Waals surface area contributed by atoms with E-state index in [1.54, 1.807) is 29.2 Å². The van der Waals surface area contributed by atoms with Gasteiger partial charge in [-0.15, -0.1) is 0 Å². The third kappa shape index (κ3) is 5.95. The van der Waals surface area contributed by atoms with E-state index < -0.39 is 39.3 Å². The molecule has 2 N–H and O–H groups in total. The van der Waals surface area contributed by atoms with Crippen LogP contribution in [0, 0.1) is 4.78 Å². The fraction of sp³-hybridized carbons (Fsp3) is 0.250. The number of halogens is 3. The van der Waals surface area contributed by atoms with Gasteiger partial charge in [-0.05, 0) is 30.3 Å². The first kappa shape index (κ1) is 24.8. The van der Waals surface area contributed by atoms with E-state index in [1.165, 1.54) is 32.4 Å². The maximum atomic E-state index is 13.2. The van der Waals surface area contributed by atoms with Crippen LogP contribution in [0.4, 0.5) is 13.2 Å². The van der Waals surface area contributed by atoms with Gasteiger partial charge < -0.3 is 14.2 Å². The predicted octanol–water partition coefficient (Wildman–Crippen LogP) is 3.04. The van der Waals surface area contributed by atoms with Crippen LogP contribution in [0.25, 0.3) is 0 Å². The van der Waals surface area contributed by atoms with E-state index in [4.69, 9.17) is 19.0 Å². The van der Waals surface area contributed by atoms with E-state index in [1.807, 2.05) is 4.72 Å². The van der Waals surface area contributed by atoms with E-state index >= 15 is 0 Å². The van der Waals surface area contributed by atoms with E-state index in [0.29, 0.717) is 12.1 Å². The molecule has 1 aromatic carbocycles. The summed E-state index contributed by atoms with van der Waals surface area (Å²) in [6.45, 7) is -1.38. The van der Waals surface area contributed by atoms with Crippen LogP contribution in [0.15, 0.2) is 53.7 Å². The Morgan fingerprint density at radius 1 is 1.15 bits per heavy atom. The number of rotatable bonds is 9. The van der Waals surface area contributed by atoms with Crippen LogP contribution in [-0.4, -0.2) is 51.9 Å². The monoisotopic (exact) mass is 499 g/mol. The first-order chi connectivity index (χ1) is 16.0. The average Bonchev–Trinajstić information content (AvgIpc) is 3.29. The molecule has 0 spiro atoms. The molecule has 0 fully saturated rings. The Labute approximate surface area is 192 Å². The van der Waals surface area contributed by atoms with Crippen molar-refractivity contribution in [1.82, 2.24) is 19.5 Å². The number of methoxy groups -OCH3 is 2. The van der Waals surface area contributed by atoms with Gasteiger partial charge in [0.25, 0.3) is 5.91 Å². The molecule has 3 aromatic rings. The fourth-order valence-electron chi connectivity index (χ4n) is 2.91. The summed E-state index contributed by atoms with van der Waals surface area (Å²) in [5, 5.41) is 4.08. The van der Waals surface area contributed by atoms with Gasteiger partial charge >= 0.3 is 6.18 Å². The highest BCUT2D eigenvalue weighted by molar-refractivity contribution is 7.91. The van der Waals surface area contributed by atoms with Crippen LogP contribution >= 0.6 is 0 Å². The molecule has 14 heteroatoms. The standard InChI is InChI=1S/C20H20F3N5O5S/c1-31-15-5-3-6-16(33-12-20(21,22)23)17(15)34(24,30)27-18(29)14-8-7-13(19(26-14)32-2)11-28-10-4-9-25-28/h3-10H,11-12H2,1-2H3,(H2,24,27,29,30). The van der Waals surface area contributed by atoms with E-state index in [2.05, 4.69) is 10.1 Å². The summed E-state index contributed by atoms with van der Waals surface area (Å²) >= 11 is 0. The highest BCUT2D eigenvalue weighted by Gasteiger charge is 2.31. The number of carbonyl (C=O) groups is 1. The minimum absolute atomic E-state index is 0.103. The summed E-state index contributed by atoms with van der Waals surface area (Å²) in [7, 11) is -1.71. The number of aromatic nitrogens is 3. The number of nitrogens with zero attached hydrogens (tertiary/aromatic N) is 3. The van der Waals surface area contributed by atoms with Crippen molar-refractivity contribution in [2.75, 3.05) is 20.8 Å². The third-order valence-electron chi connectivity index (χ3n) is 4.33. The van der Waals surface area contributed by atoms with Gasteiger partial charge in [0.05, 0.1) is 20.8 Å². The van der Waals surface area contributed by atoms with Crippen LogP contribution in [-0.2, 0) is 16.5 Å². The summed E-state index contributed by atoms with van der Waals surface area (Å²) in [5.41, 5.74) is 0.371. The van der Waals surface area contributed by atoms with Gasteiger partial charge in [-0.1, -0.05) is 6.07 Å². The van der Waals surface area contributed by atoms with Crippen molar-refractivity contribution in [3.8, 4) is 17.4 Å². The number of hydrogen-bond acceptors (Lipinski definition) is 8. The van der Waals surface area contributed by atoms with Crippen molar-refractivity contribution in [3.05, 3.63) is 60.0 Å². The van der Waals surface area contributed by atoms with Gasteiger partial charge in [0.1, 0.15) is 17.2 Å². The largest absolute Gasteiger partial charge is 0.495 e. The lowest BCUT2D eigenvalue weighted by Gasteiger charge is -2.18. The first-order valence-electron chi connectivity index (χ1n) is 9.53. The SMILES string of the molecule is COc1cccc(OCC(F)(F)F)c1S(=N)(=O)NC(=O)c1ccc(Cn2cccn2)c(OC)n1. The van der Waals surface area contributed by atoms with Gasteiger partial charge in [-0.25, -0.2) is 14.0 Å². The summed E-state index contributed by atoms with van der Waals surface area (Å²) in [6, 6.07) is 8.29. The number of ether oxygens (including phenoxy) is 3.